The molecule has 21 heavy (non-hydrogen) atoms. The highest BCUT2D eigenvalue weighted by atomic mass is 16.5. The summed E-state index contributed by atoms with van der Waals surface area (Å²) in [4.78, 5) is 4.51. The first-order valence-corrected chi connectivity index (χ1v) is 7.35. The third-order valence-electron chi connectivity index (χ3n) is 4.14. The normalized spacial score (nSPS) is 21.4. The van der Waals surface area contributed by atoms with Crippen molar-refractivity contribution >= 4 is 0 Å². The molecule has 0 spiro atoms. The maximum absolute atomic E-state index is 6.67. The molecule has 0 radical (unpaired) electrons. The molecule has 1 aliphatic carbocycles. The topological polar surface area (TPSA) is 74.2 Å². The van der Waals surface area contributed by atoms with Crippen molar-refractivity contribution < 1.29 is 9.26 Å². The van der Waals surface area contributed by atoms with Crippen molar-refractivity contribution in [1.82, 2.24) is 10.1 Å². The van der Waals surface area contributed by atoms with Gasteiger partial charge in [0.25, 0.3) is 0 Å². The molecule has 5 nitrogen and oxygen atoms in total. The number of fused-ring (bicyclic) bond motifs is 1. The van der Waals surface area contributed by atoms with Gasteiger partial charge in [0.1, 0.15) is 11.3 Å². The minimum Gasteiger partial charge on any atom is -0.497 e. The molecule has 0 fully saturated rings. The van der Waals surface area contributed by atoms with E-state index in [2.05, 4.69) is 16.2 Å². The van der Waals surface area contributed by atoms with Crippen molar-refractivity contribution in [2.24, 2.45) is 5.73 Å². The highest BCUT2D eigenvalue weighted by Gasteiger charge is 2.39. The molecule has 1 aromatic heterocycles. The van der Waals surface area contributed by atoms with Crippen LogP contribution in [-0.4, -0.2) is 17.3 Å². The summed E-state index contributed by atoms with van der Waals surface area (Å²) in [7, 11) is 1.67. The van der Waals surface area contributed by atoms with E-state index in [-0.39, 0.29) is 5.92 Å². The zero-order chi connectivity index (χ0) is 15.0. The standard InChI is InChI=1S/C16H21N3O2/c1-10(2)14-18-15(19-21-14)16(17)8-4-5-11-9-12(20-3)6-7-13(11)16/h6-7,9-10H,4-5,8,17H2,1-3H3. The third kappa shape index (κ3) is 2.31. The average Bonchev–Trinajstić information content (AvgIpc) is 2.98. The zero-order valence-electron chi connectivity index (χ0n) is 12.7. The largest absolute Gasteiger partial charge is 0.497 e. The van der Waals surface area contributed by atoms with E-state index < -0.39 is 5.54 Å². The molecule has 1 heterocycles. The minimum absolute atomic E-state index is 0.203. The van der Waals surface area contributed by atoms with Gasteiger partial charge in [-0.3, -0.25) is 0 Å². The van der Waals surface area contributed by atoms with Crippen molar-refractivity contribution in [1.29, 1.82) is 0 Å². The molecule has 0 amide bonds. The van der Waals surface area contributed by atoms with E-state index in [4.69, 9.17) is 15.0 Å². The van der Waals surface area contributed by atoms with Crippen LogP contribution in [0, 0.1) is 0 Å². The number of nitrogens with zero attached hydrogens (tertiary/aromatic N) is 2. The molecule has 0 saturated carbocycles. The Labute approximate surface area is 124 Å². The Kier molecular flexibility index (Phi) is 3.45. The lowest BCUT2D eigenvalue weighted by Gasteiger charge is -2.33. The van der Waals surface area contributed by atoms with Gasteiger partial charge in [-0.25, -0.2) is 0 Å². The molecule has 0 saturated heterocycles. The molecule has 0 bridgehead atoms. The number of benzene rings is 1. The number of hydrogen-bond acceptors (Lipinski definition) is 5. The van der Waals surface area contributed by atoms with Crippen LogP contribution in [0.25, 0.3) is 0 Å². The van der Waals surface area contributed by atoms with Crippen LogP contribution in [0.3, 0.4) is 0 Å². The molecule has 5 heteroatoms. The van der Waals surface area contributed by atoms with Crippen molar-refractivity contribution in [2.45, 2.75) is 44.6 Å². The van der Waals surface area contributed by atoms with Crippen LogP contribution in [-0.2, 0) is 12.0 Å². The SMILES string of the molecule is COc1ccc2c(c1)CCCC2(N)c1noc(C(C)C)n1. The van der Waals surface area contributed by atoms with Crippen LogP contribution >= 0.6 is 0 Å². The third-order valence-corrected chi connectivity index (χ3v) is 4.14. The monoisotopic (exact) mass is 287 g/mol. The van der Waals surface area contributed by atoms with Crippen LogP contribution < -0.4 is 10.5 Å². The Morgan fingerprint density at radius 3 is 2.86 bits per heavy atom. The second-order valence-electron chi connectivity index (χ2n) is 5.96. The van der Waals surface area contributed by atoms with Crippen LogP contribution in [0.2, 0.25) is 0 Å². The maximum atomic E-state index is 6.67. The van der Waals surface area contributed by atoms with Gasteiger partial charge >= 0.3 is 0 Å². The number of aromatic nitrogens is 2. The summed E-state index contributed by atoms with van der Waals surface area (Å²) >= 11 is 0. The minimum atomic E-state index is -0.670. The second-order valence-corrected chi connectivity index (χ2v) is 5.96. The Morgan fingerprint density at radius 2 is 2.19 bits per heavy atom. The fraction of sp³-hybridized carbons (Fsp3) is 0.500. The highest BCUT2D eigenvalue weighted by molar-refractivity contribution is 5.44. The van der Waals surface area contributed by atoms with E-state index in [0.717, 1.165) is 30.6 Å². The van der Waals surface area contributed by atoms with Gasteiger partial charge in [0, 0.05) is 5.92 Å². The number of nitrogens with two attached hydrogens (primary N) is 1. The summed E-state index contributed by atoms with van der Waals surface area (Å²) in [6.07, 6.45) is 2.83. The number of rotatable bonds is 3. The van der Waals surface area contributed by atoms with E-state index in [1.807, 2.05) is 26.0 Å². The van der Waals surface area contributed by atoms with Crippen molar-refractivity contribution in [3.8, 4) is 5.75 Å². The molecule has 1 atom stereocenters. The molecule has 0 aliphatic heterocycles. The van der Waals surface area contributed by atoms with Gasteiger partial charge in [-0.15, -0.1) is 0 Å². The van der Waals surface area contributed by atoms with Gasteiger partial charge in [-0.1, -0.05) is 25.1 Å². The lowest BCUT2D eigenvalue weighted by Crippen LogP contribution is -2.42. The average molecular weight is 287 g/mol. The number of aryl methyl sites for hydroxylation is 1. The van der Waals surface area contributed by atoms with E-state index in [1.54, 1.807) is 7.11 Å². The first-order chi connectivity index (χ1) is 10.0. The first kappa shape index (κ1) is 14.1. The van der Waals surface area contributed by atoms with Crippen LogP contribution in [0.15, 0.2) is 22.7 Å². The molecule has 112 valence electrons. The van der Waals surface area contributed by atoms with E-state index in [9.17, 15) is 0 Å². The molecule has 1 aliphatic rings. The molecule has 2 N–H and O–H groups in total. The number of hydrogen-bond donors (Lipinski definition) is 1. The summed E-state index contributed by atoms with van der Waals surface area (Å²) in [5.41, 5.74) is 8.28. The zero-order valence-corrected chi connectivity index (χ0v) is 12.7. The second kappa shape index (κ2) is 5.15. The number of methoxy groups -OCH3 is 1. The molecule has 3 rings (SSSR count). The molecule has 1 aromatic carbocycles. The number of ether oxygens (including phenoxy) is 1. The lowest BCUT2D eigenvalue weighted by molar-refractivity contribution is 0.341. The van der Waals surface area contributed by atoms with Gasteiger partial charge in [0.15, 0.2) is 5.82 Å². The summed E-state index contributed by atoms with van der Waals surface area (Å²) in [5.74, 6) is 2.27. The molecular formula is C16H21N3O2. The highest BCUT2D eigenvalue weighted by Crippen LogP contribution is 2.38. The Bertz CT molecular complexity index is 651. The van der Waals surface area contributed by atoms with Gasteiger partial charge in [-0.05, 0) is 42.5 Å². The van der Waals surface area contributed by atoms with Crippen LogP contribution in [0.1, 0.15) is 55.4 Å². The van der Waals surface area contributed by atoms with Crippen LogP contribution in [0.5, 0.6) is 5.75 Å². The Morgan fingerprint density at radius 1 is 1.38 bits per heavy atom. The van der Waals surface area contributed by atoms with Gasteiger partial charge in [0.2, 0.25) is 5.89 Å². The fourth-order valence-corrected chi connectivity index (χ4v) is 2.91. The van der Waals surface area contributed by atoms with E-state index >= 15 is 0 Å². The predicted molar refractivity (Wildman–Crippen MR) is 79.3 cm³/mol. The van der Waals surface area contributed by atoms with Crippen LogP contribution in [0.4, 0.5) is 0 Å². The molecule has 2 aromatic rings. The fourth-order valence-electron chi connectivity index (χ4n) is 2.91. The van der Waals surface area contributed by atoms with Gasteiger partial charge in [0.05, 0.1) is 7.11 Å². The van der Waals surface area contributed by atoms with Crippen molar-refractivity contribution in [3.05, 3.63) is 41.0 Å². The predicted octanol–water partition coefficient (Wildman–Crippen LogP) is 2.74. The van der Waals surface area contributed by atoms with Gasteiger partial charge in [-0.2, -0.15) is 4.98 Å². The Balaban J connectivity index is 2.06. The maximum Gasteiger partial charge on any atom is 0.229 e. The summed E-state index contributed by atoms with van der Waals surface area (Å²) < 4.78 is 10.6. The summed E-state index contributed by atoms with van der Waals surface area (Å²) in [6, 6.07) is 6.02. The van der Waals surface area contributed by atoms with Crippen molar-refractivity contribution in [2.75, 3.05) is 7.11 Å². The summed E-state index contributed by atoms with van der Waals surface area (Å²) in [6.45, 7) is 4.06. The smallest absolute Gasteiger partial charge is 0.229 e. The van der Waals surface area contributed by atoms with Crippen molar-refractivity contribution in [3.63, 3.8) is 0 Å². The quantitative estimate of drug-likeness (QED) is 0.939. The van der Waals surface area contributed by atoms with Gasteiger partial charge < -0.3 is 15.0 Å². The summed E-state index contributed by atoms with van der Waals surface area (Å²) in [5, 5.41) is 4.13. The first-order valence-electron chi connectivity index (χ1n) is 7.35. The van der Waals surface area contributed by atoms with E-state index in [0.29, 0.717) is 11.7 Å². The van der Waals surface area contributed by atoms with E-state index in [1.165, 1.54) is 5.56 Å². The lowest BCUT2D eigenvalue weighted by atomic mass is 9.76. The molecular weight excluding hydrogens is 266 g/mol. The Hall–Kier alpha value is -1.88. The molecule has 1 unspecified atom stereocenters.